The van der Waals surface area contributed by atoms with E-state index < -0.39 is 0 Å². The topological polar surface area (TPSA) is 112 Å². The van der Waals surface area contributed by atoms with Gasteiger partial charge in [-0.15, -0.1) is 5.10 Å². The van der Waals surface area contributed by atoms with Crippen molar-refractivity contribution in [2.45, 2.75) is 13.5 Å². The summed E-state index contributed by atoms with van der Waals surface area (Å²) in [5.41, 5.74) is 5.57. The van der Waals surface area contributed by atoms with Crippen LogP contribution < -0.4 is 11.1 Å². The zero-order valence-electron chi connectivity index (χ0n) is 9.25. The van der Waals surface area contributed by atoms with Crippen LogP contribution in [0, 0.1) is 6.92 Å². The fraction of sp³-hybridized carbons (Fsp3) is 0.333. The van der Waals surface area contributed by atoms with Gasteiger partial charge in [0.15, 0.2) is 11.5 Å². The van der Waals surface area contributed by atoms with Crippen LogP contribution in [0.3, 0.4) is 0 Å². The minimum absolute atomic E-state index is 0.208. The van der Waals surface area contributed by atoms with Gasteiger partial charge in [0.2, 0.25) is 0 Å². The van der Waals surface area contributed by atoms with Gasteiger partial charge >= 0.3 is 0 Å². The van der Waals surface area contributed by atoms with Gasteiger partial charge in [-0.05, 0) is 6.92 Å². The van der Waals surface area contributed by atoms with E-state index in [2.05, 4.69) is 20.8 Å². The molecule has 0 atom stereocenters. The van der Waals surface area contributed by atoms with E-state index in [0.29, 0.717) is 24.7 Å². The van der Waals surface area contributed by atoms with Crippen molar-refractivity contribution in [2.75, 3.05) is 11.9 Å². The average Bonchev–Trinajstić information content (AvgIpc) is 2.88. The van der Waals surface area contributed by atoms with E-state index in [1.807, 2.05) is 0 Å². The number of aryl methyl sites for hydroxylation is 1. The summed E-state index contributed by atoms with van der Waals surface area (Å²) in [7, 11) is 0. The van der Waals surface area contributed by atoms with Crippen molar-refractivity contribution in [3.05, 3.63) is 23.7 Å². The molecule has 2 aromatic rings. The number of nitrogens with one attached hydrogen (secondary N) is 1. The molecule has 0 saturated carbocycles. The number of carbonyl (C=O) groups excluding carboxylic acids is 1. The third-order valence-corrected chi connectivity index (χ3v) is 2.00. The first-order chi connectivity index (χ1) is 8.19. The maximum absolute atomic E-state index is 11.7. The number of anilines is 1. The molecule has 0 aliphatic carbocycles. The molecule has 0 aromatic carbocycles. The molecule has 0 fully saturated rings. The summed E-state index contributed by atoms with van der Waals surface area (Å²) < 4.78 is 6.33. The summed E-state index contributed by atoms with van der Waals surface area (Å²) >= 11 is 0. The molecule has 2 rings (SSSR count). The molecule has 2 aromatic heterocycles. The Morgan fingerprint density at radius 1 is 1.65 bits per heavy atom. The maximum atomic E-state index is 11.7. The van der Waals surface area contributed by atoms with Crippen molar-refractivity contribution < 1.29 is 9.32 Å². The summed E-state index contributed by atoms with van der Waals surface area (Å²) in [6, 6.07) is 1.61. The number of amides is 1. The number of nitrogens with two attached hydrogens (primary N) is 1. The second-order valence-electron chi connectivity index (χ2n) is 3.43. The van der Waals surface area contributed by atoms with Crippen LogP contribution >= 0.6 is 0 Å². The summed E-state index contributed by atoms with van der Waals surface area (Å²) in [5, 5.41) is 13.7. The van der Waals surface area contributed by atoms with Crippen molar-refractivity contribution in [2.24, 2.45) is 5.73 Å². The van der Waals surface area contributed by atoms with E-state index in [-0.39, 0.29) is 11.6 Å². The van der Waals surface area contributed by atoms with Gasteiger partial charge in [-0.3, -0.25) is 9.48 Å². The Kier molecular flexibility index (Phi) is 3.15. The predicted molar refractivity (Wildman–Crippen MR) is 58.3 cm³/mol. The van der Waals surface area contributed by atoms with Crippen LogP contribution in [0.4, 0.5) is 5.82 Å². The van der Waals surface area contributed by atoms with Crippen LogP contribution in [0.2, 0.25) is 0 Å². The molecule has 0 spiro atoms. The summed E-state index contributed by atoms with van der Waals surface area (Å²) in [5.74, 6) is 0.578. The SMILES string of the molecule is Cc1cc(NC(=O)c2cn(CCN)nn2)no1. The molecule has 8 nitrogen and oxygen atoms in total. The quantitative estimate of drug-likeness (QED) is 0.759. The van der Waals surface area contributed by atoms with E-state index in [1.54, 1.807) is 13.0 Å². The molecule has 0 bridgehead atoms. The molecule has 1 amide bonds. The Hall–Kier alpha value is -2.22. The van der Waals surface area contributed by atoms with E-state index in [9.17, 15) is 4.79 Å². The Morgan fingerprint density at radius 2 is 2.47 bits per heavy atom. The van der Waals surface area contributed by atoms with Gasteiger partial charge in [-0.2, -0.15) is 0 Å². The molecular formula is C9H12N6O2. The highest BCUT2D eigenvalue weighted by molar-refractivity contribution is 6.01. The second-order valence-corrected chi connectivity index (χ2v) is 3.43. The Labute approximate surface area is 96.8 Å². The van der Waals surface area contributed by atoms with Crippen molar-refractivity contribution in [3.63, 3.8) is 0 Å². The lowest BCUT2D eigenvalue weighted by molar-refractivity contribution is 0.102. The molecular weight excluding hydrogens is 224 g/mol. The van der Waals surface area contributed by atoms with Crippen LogP contribution in [-0.4, -0.2) is 32.6 Å². The standard InChI is InChI=1S/C9H12N6O2/c1-6-4-8(13-17-6)11-9(16)7-5-15(3-2-10)14-12-7/h4-5H,2-3,10H2,1H3,(H,11,13,16). The molecule has 0 radical (unpaired) electrons. The molecule has 90 valence electrons. The second kappa shape index (κ2) is 4.74. The highest BCUT2D eigenvalue weighted by Gasteiger charge is 2.12. The monoisotopic (exact) mass is 236 g/mol. The first-order valence-corrected chi connectivity index (χ1v) is 5.04. The smallest absolute Gasteiger partial charge is 0.279 e. The molecule has 0 unspecified atom stereocenters. The van der Waals surface area contributed by atoms with Gasteiger partial charge in [0.05, 0.1) is 12.7 Å². The molecule has 17 heavy (non-hydrogen) atoms. The highest BCUT2D eigenvalue weighted by atomic mass is 16.5. The number of hydrogen-bond acceptors (Lipinski definition) is 6. The van der Waals surface area contributed by atoms with Crippen molar-refractivity contribution in [3.8, 4) is 0 Å². The summed E-state index contributed by atoms with van der Waals surface area (Å²) in [6.07, 6.45) is 1.52. The van der Waals surface area contributed by atoms with Gasteiger partial charge in [-0.25, -0.2) is 0 Å². The largest absolute Gasteiger partial charge is 0.360 e. The summed E-state index contributed by atoms with van der Waals surface area (Å²) in [4.78, 5) is 11.7. The number of hydrogen-bond donors (Lipinski definition) is 2. The third kappa shape index (κ3) is 2.67. The fourth-order valence-electron chi connectivity index (χ4n) is 1.25. The lowest BCUT2D eigenvalue weighted by atomic mass is 10.4. The van der Waals surface area contributed by atoms with E-state index >= 15 is 0 Å². The fourth-order valence-corrected chi connectivity index (χ4v) is 1.25. The number of aromatic nitrogens is 4. The van der Waals surface area contributed by atoms with Crippen LogP contribution in [0.1, 0.15) is 16.2 Å². The van der Waals surface area contributed by atoms with Gasteiger partial charge in [-0.1, -0.05) is 10.4 Å². The minimum Gasteiger partial charge on any atom is -0.360 e. The highest BCUT2D eigenvalue weighted by Crippen LogP contribution is 2.08. The molecule has 0 aliphatic rings. The molecule has 3 N–H and O–H groups in total. The Balaban J connectivity index is 2.03. The number of nitrogens with zero attached hydrogens (tertiary/aromatic N) is 4. The maximum Gasteiger partial charge on any atom is 0.279 e. The zero-order chi connectivity index (χ0) is 12.3. The van der Waals surface area contributed by atoms with Crippen LogP contribution in [-0.2, 0) is 6.54 Å². The van der Waals surface area contributed by atoms with Crippen molar-refractivity contribution in [1.29, 1.82) is 0 Å². The normalized spacial score (nSPS) is 10.5. The number of carbonyl (C=O) groups is 1. The van der Waals surface area contributed by atoms with Crippen molar-refractivity contribution >= 4 is 11.7 Å². The van der Waals surface area contributed by atoms with Gasteiger partial charge in [0.1, 0.15) is 5.76 Å². The van der Waals surface area contributed by atoms with Gasteiger partial charge in [0.25, 0.3) is 5.91 Å². The van der Waals surface area contributed by atoms with E-state index in [1.165, 1.54) is 10.9 Å². The van der Waals surface area contributed by atoms with Crippen molar-refractivity contribution in [1.82, 2.24) is 20.2 Å². The van der Waals surface area contributed by atoms with Crippen LogP contribution in [0.5, 0.6) is 0 Å². The predicted octanol–water partition coefficient (Wildman–Crippen LogP) is -0.214. The van der Waals surface area contributed by atoms with E-state index in [0.717, 1.165) is 0 Å². The Bertz CT molecular complexity index is 517. The van der Waals surface area contributed by atoms with Crippen LogP contribution in [0.15, 0.2) is 16.8 Å². The third-order valence-electron chi connectivity index (χ3n) is 2.00. The lowest BCUT2D eigenvalue weighted by Gasteiger charge is -1.95. The molecule has 0 saturated heterocycles. The first kappa shape index (κ1) is 11.3. The van der Waals surface area contributed by atoms with E-state index in [4.69, 9.17) is 10.3 Å². The number of rotatable bonds is 4. The zero-order valence-corrected chi connectivity index (χ0v) is 9.25. The van der Waals surface area contributed by atoms with Crippen LogP contribution in [0.25, 0.3) is 0 Å². The van der Waals surface area contributed by atoms with Gasteiger partial charge < -0.3 is 15.6 Å². The first-order valence-electron chi connectivity index (χ1n) is 5.04. The Morgan fingerprint density at radius 3 is 3.12 bits per heavy atom. The molecule has 2 heterocycles. The minimum atomic E-state index is -0.387. The lowest BCUT2D eigenvalue weighted by Crippen LogP contribution is -2.13. The average molecular weight is 236 g/mol. The van der Waals surface area contributed by atoms with Gasteiger partial charge in [0, 0.05) is 12.6 Å². The molecule has 8 heteroatoms. The molecule has 0 aliphatic heterocycles. The summed E-state index contributed by atoms with van der Waals surface area (Å²) in [6.45, 7) is 2.69.